The molecule has 0 aliphatic carbocycles. The summed E-state index contributed by atoms with van der Waals surface area (Å²) in [6, 6.07) is 1.45. The average molecular weight is 261 g/mol. The van der Waals surface area contributed by atoms with Gasteiger partial charge in [-0.3, -0.25) is 4.90 Å². The highest BCUT2D eigenvalue weighted by Crippen LogP contribution is 2.21. The van der Waals surface area contributed by atoms with Crippen molar-refractivity contribution >= 4 is 11.8 Å². The summed E-state index contributed by atoms with van der Waals surface area (Å²) in [5.41, 5.74) is -0.858. The third-order valence-corrected chi connectivity index (χ3v) is 2.02. The smallest absolute Gasteiger partial charge is 0.414 e. The highest BCUT2D eigenvalue weighted by Gasteiger charge is 2.22. The summed E-state index contributed by atoms with van der Waals surface area (Å²) in [6.07, 6.45) is -0.784. The van der Waals surface area contributed by atoms with Crippen LogP contribution in [0.2, 0.25) is 0 Å². The molecule has 1 rings (SSSR count). The van der Waals surface area contributed by atoms with Gasteiger partial charge in [0.2, 0.25) is 0 Å². The number of nitrogens with zero attached hydrogens (tertiary/aromatic N) is 1. The van der Waals surface area contributed by atoms with Crippen LogP contribution in [0.5, 0.6) is 0 Å². The summed E-state index contributed by atoms with van der Waals surface area (Å²) >= 11 is 0. The molecule has 0 aromatic heterocycles. The SMILES string of the molecule is CN(C(=O)OC(C)(C)C)c1cc(F)c(F)c(F)c1. The van der Waals surface area contributed by atoms with Gasteiger partial charge in [0.25, 0.3) is 0 Å². The molecule has 0 heterocycles. The van der Waals surface area contributed by atoms with Crippen LogP contribution < -0.4 is 4.90 Å². The molecule has 1 aromatic carbocycles. The van der Waals surface area contributed by atoms with Gasteiger partial charge in [0.05, 0.1) is 5.69 Å². The van der Waals surface area contributed by atoms with Gasteiger partial charge in [-0.05, 0) is 20.8 Å². The normalized spacial score (nSPS) is 11.3. The van der Waals surface area contributed by atoms with Gasteiger partial charge in [0, 0.05) is 19.2 Å². The van der Waals surface area contributed by atoms with Crippen molar-refractivity contribution in [3.8, 4) is 0 Å². The lowest BCUT2D eigenvalue weighted by atomic mass is 10.2. The zero-order chi connectivity index (χ0) is 14.1. The molecule has 1 amide bonds. The summed E-state index contributed by atoms with van der Waals surface area (Å²) < 4.78 is 43.8. The van der Waals surface area contributed by atoms with Gasteiger partial charge in [-0.25, -0.2) is 18.0 Å². The summed E-state index contributed by atoms with van der Waals surface area (Å²) in [5.74, 6) is -4.29. The van der Waals surface area contributed by atoms with Crippen LogP contribution in [0.3, 0.4) is 0 Å². The Hall–Kier alpha value is -1.72. The number of rotatable bonds is 1. The van der Waals surface area contributed by atoms with Crippen molar-refractivity contribution in [3.05, 3.63) is 29.6 Å². The number of ether oxygens (including phenoxy) is 1. The highest BCUT2D eigenvalue weighted by atomic mass is 19.2. The van der Waals surface area contributed by atoms with Crippen molar-refractivity contribution in [1.29, 1.82) is 0 Å². The number of hydrogen-bond donors (Lipinski definition) is 0. The molecule has 1 aromatic rings. The van der Waals surface area contributed by atoms with E-state index in [4.69, 9.17) is 4.74 Å². The number of halogens is 3. The molecule has 0 radical (unpaired) electrons. The molecule has 3 nitrogen and oxygen atoms in total. The minimum Gasteiger partial charge on any atom is -0.443 e. The first-order valence-electron chi connectivity index (χ1n) is 5.23. The van der Waals surface area contributed by atoms with Gasteiger partial charge in [-0.2, -0.15) is 0 Å². The molecule has 18 heavy (non-hydrogen) atoms. The summed E-state index contributed by atoms with van der Waals surface area (Å²) in [4.78, 5) is 12.5. The fraction of sp³-hybridized carbons (Fsp3) is 0.417. The second kappa shape index (κ2) is 4.88. The first kappa shape index (κ1) is 14.3. The number of carbonyl (C=O) groups is 1. The van der Waals surface area contributed by atoms with Gasteiger partial charge in [-0.15, -0.1) is 0 Å². The van der Waals surface area contributed by atoms with Crippen LogP contribution in [0.1, 0.15) is 20.8 Å². The van der Waals surface area contributed by atoms with E-state index in [-0.39, 0.29) is 5.69 Å². The zero-order valence-electron chi connectivity index (χ0n) is 10.6. The van der Waals surface area contributed by atoms with Crippen molar-refractivity contribution < 1.29 is 22.7 Å². The lowest BCUT2D eigenvalue weighted by Crippen LogP contribution is -2.34. The lowest BCUT2D eigenvalue weighted by molar-refractivity contribution is 0.0589. The maximum atomic E-state index is 13.0. The summed E-state index contributed by atoms with van der Waals surface area (Å²) in [7, 11) is 1.28. The molecule has 0 saturated heterocycles. The van der Waals surface area contributed by atoms with Gasteiger partial charge in [-0.1, -0.05) is 0 Å². The molecule has 0 aliphatic rings. The second-order valence-electron chi connectivity index (χ2n) is 4.76. The van der Waals surface area contributed by atoms with E-state index in [9.17, 15) is 18.0 Å². The maximum absolute atomic E-state index is 13.0. The first-order chi connectivity index (χ1) is 8.11. The molecule has 0 bridgehead atoms. The average Bonchev–Trinajstić information content (AvgIpc) is 2.21. The van der Waals surface area contributed by atoms with Gasteiger partial charge >= 0.3 is 6.09 Å². The number of anilines is 1. The Balaban J connectivity index is 2.97. The Morgan fingerprint density at radius 2 is 1.61 bits per heavy atom. The number of hydrogen-bond acceptors (Lipinski definition) is 2. The van der Waals surface area contributed by atoms with Crippen LogP contribution in [-0.2, 0) is 4.74 Å². The molecule has 0 saturated carbocycles. The van der Waals surface area contributed by atoms with Crippen molar-refractivity contribution in [2.45, 2.75) is 26.4 Å². The van der Waals surface area contributed by atoms with E-state index in [0.29, 0.717) is 0 Å². The predicted molar refractivity (Wildman–Crippen MR) is 61.0 cm³/mol. The molecule has 0 spiro atoms. The van der Waals surface area contributed by atoms with E-state index in [1.54, 1.807) is 20.8 Å². The van der Waals surface area contributed by atoms with E-state index in [2.05, 4.69) is 0 Å². The van der Waals surface area contributed by atoms with Crippen LogP contribution in [0.15, 0.2) is 12.1 Å². The van der Waals surface area contributed by atoms with E-state index in [0.717, 1.165) is 17.0 Å². The molecular formula is C12H14F3NO2. The molecular weight excluding hydrogens is 247 g/mol. The molecule has 0 unspecified atom stereocenters. The van der Waals surface area contributed by atoms with Crippen LogP contribution in [-0.4, -0.2) is 18.7 Å². The summed E-state index contributed by atoms with van der Waals surface area (Å²) in [6.45, 7) is 4.97. The first-order valence-corrected chi connectivity index (χ1v) is 5.23. The van der Waals surface area contributed by atoms with Crippen molar-refractivity contribution in [3.63, 3.8) is 0 Å². The van der Waals surface area contributed by atoms with Crippen molar-refractivity contribution in [2.24, 2.45) is 0 Å². The van der Waals surface area contributed by atoms with Gasteiger partial charge < -0.3 is 4.74 Å². The number of amides is 1. The Bertz CT molecular complexity index is 446. The Labute approximate surface area is 103 Å². The van der Waals surface area contributed by atoms with E-state index >= 15 is 0 Å². The predicted octanol–water partition coefficient (Wildman–Crippen LogP) is 3.48. The van der Waals surface area contributed by atoms with Crippen LogP contribution in [0.25, 0.3) is 0 Å². The van der Waals surface area contributed by atoms with Gasteiger partial charge in [0.1, 0.15) is 5.60 Å². The molecule has 0 atom stereocenters. The van der Waals surface area contributed by atoms with Crippen molar-refractivity contribution in [2.75, 3.05) is 11.9 Å². The van der Waals surface area contributed by atoms with E-state index < -0.39 is 29.1 Å². The molecule has 0 fully saturated rings. The highest BCUT2D eigenvalue weighted by molar-refractivity contribution is 5.87. The third-order valence-electron chi connectivity index (χ3n) is 2.02. The number of benzene rings is 1. The van der Waals surface area contributed by atoms with Crippen LogP contribution in [0.4, 0.5) is 23.7 Å². The molecule has 100 valence electrons. The van der Waals surface area contributed by atoms with Crippen molar-refractivity contribution in [1.82, 2.24) is 0 Å². The zero-order valence-corrected chi connectivity index (χ0v) is 10.6. The minimum absolute atomic E-state index is 0.124. The molecule has 6 heteroatoms. The Kier molecular flexibility index (Phi) is 3.88. The Morgan fingerprint density at radius 1 is 1.17 bits per heavy atom. The summed E-state index contributed by atoms with van der Waals surface area (Å²) in [5, 5.41) is 0. The Morgan fingerprint density at radius 3 is 2.00 bits per heavy atom. The molecule has 0 aliphatic heterocycles. The van der Waals surface area contributed by atoms with E-state index in [1.807, 2.05) is 0 Å². The topological polar surface area (TPSA) is 29.5 Å². The fourth-order valence-electron chi connectivity index (χ4n) is 1.17. The second-order valence-corrected chi connectivity index (χ2v) is 4.76. The van der Waals surface area contributed by atoms with E-state index in [1.165, 1.54) is 7.05 Å². The quantitative estimate of drug-likeness (QED) is 0.724. The largest absolute Gasteiger partial charge is 0.443 e. The van der Waals surface area contributed by atoms with Crippen LogP contribution >= 0.6 is 0 Å². The third kappa shape index (κ3) is 3.38. The maximum Gasteiger partial charge on any atom is 0.414 e. The fourth-order valence-corrected chi connectivity index (χ4v) is 1.17. The minimum atomic E-state index is -1.57. The van der Waals surface area contributed by atoms with Gasteiger partial charge in [0.15, 0.2) is 17.5 Å². The standard InChI is InChI=1S/C12H14F3NO2/c1-12(2,3)18-11(17)16(4)7-5-8(13)10(15)9(14)6-7/h5-6H,1-4H3. The molecule has 0 N–H and O–H groups in total. The number of carbonyl (C=O) groups excluding carboxylic acids is 1. The van der Waals surface area contributed by atoms with Crippen LogP contribution in [0, 0.1) is 17.5 Å². The lowest BCUT2D eigenvalue weighted by Gasteiger charge is -2.24. The monoisotopic (exact) mass is 261 g/mol.